The van der Waals surface area contributed by atoms with E-state index in [0.717, 1.165) is 5.56 Å². The van der Waals surface area contributed by atoms with Gasteiger partial charge in [0.2, 0.25) is 5.91 Å². The summed E-state index contributed by atoms with van der Waals surface area (Å²) in [6.45, 7) is 0.303. The predicted molar refractivity (Wildman–Crippen MR) is 60.5 cm³/mol. The predicted octanol–water partition coefficient (Wildman–Crippen LogP) is 0.263. The molecular weight excluding hydrogens is 218 g/mol. The summed E-state index contributed by atoms with van der Waals surface area (Å²) < 4.78 is 0. The maximum absolute atomic E-state index is 11.5. The van der Waals surface area contributed by atoms with E-state index in [-0.39, 0.29) is 5.91 Å². The van der Waals surface area contributed by atoms with Gasteiger partial charge >= 0.3 is 0 Å². The lowest BCUT2D eigenvalue weighted by Gasteiger charge is -2.02. The first-order chi connectivity index (χ1) is 8.34. The van der Waals surface area contributed by atoms with Crippen molar-refractivity contribution < 1.29 is 4.79 Å². The normalized spacial score (nSPS) is 10.1. The molecule has 0 unspecified atom stereocenters. The third kappa shape index (κ3) is 3.67. The number of carbonyl (C=O) groups is 1. The molecule has 0 saturated carbocycles. The van der Waals surface area contributed by atoms with Crippen molar-refractivity contribution in [2.75, 3.05) is 0 Å². The smallest absolute Gasteiger partial charge is 0.224 e. The Hall–Kier alpha value is -2.24. The second kappa shape index (κ2) is 5.74. The Morgan fingerprint density at radius 3 is 2.88 bits per heavy atom. The Morgan fingerprint density at radius 2 is 2.18 bits per heavy atom. The first kappa shape index (κ1) is 11.3. The van der Waals surface area contributed by atoms with Crippen molar-refractivity contribution >= 4 is 5.91 Å². The highest BCUT2D eigenvalue weighted by Crippen LogP contribution is 2.01. The maximum atomic E-state index is 11.5. The van der Waals surface area contributed by atoms with Crippen LogP contribution in [-0.2, 0) is 17.8 Å². The van der Waals surface area contributed by atoms with Crippen LogP contribution in [0.15, 0.2) is 30.3 Å². The zero-order valence-corrected chi connectivity index (χ0v) is 9.13. The van der Waals surface area contributed by atoms with Gasteiger partial charge in [-0.2, -0.15) is 0 Å². The highest BCUT2D eigenvalue weighted by atomic mass is 16.1. The molecule has 1 amide bonds. The lowest BCUT2D eigenvalue weighted by molar-refractivity contribution is -0.118. The van der Waals surface area contributed by atoms with Gasteiger partial charge in [0.15, 0.2) is 5.82 Å². The molecule has 0 fully saturated rings. The fourth-order valence-corrected chi connectivity index (χ4v) is 1.32. The molecule has 0 atom stereocenters. The number of aromatic nitrogens is 4. The molecule has 2 aromatic rings. The van der Waals surface area contributed by atoms with Gasteiger partial charge in [-0.25, -0.2) is 5.10 Å². The third-order valence-corrected chi connectivity index (χ3v) is 2.19. The number of tetrazole rings is 1. The van der Waals surface area contributed by atoms with Crippen molar-refractivity contribution in [3.63, 3.8) is 0 Å². The second-order valence-corrected chi connectivity index (χ2v) is 3.46. The lowest BCUT2D eigenvalue weighted by Crippen LogP contribution is -2.24. The first-order valence-electron chi connectivity index (χ1n) is 5.22. The molecule has 2 N–H and O–H groups in total. The summed E-state index contributed by atoms with van der Waals surface area (Å²) in [6, 6.07) is 9.79. The standard InChI is InChI=1S/C11H12N5O/c17-11(12-8-10-13-15-16-14-10)7-6-9-4-2-1-3-5-9/h1-5,7H,6,8H2,(H,12,17)(H,13,14,15,16). The van der Waals surface area contributed by atoms with Gasteiger partial charge in [-0.3, -0.25) is 4.79 Å². The average molecular weight is 230 g/mol. The van der Waals surface area contributed by atoms with E-state index in [1.807, 2.05) is 30.3 Å². The molecule has 0 saturated heterocycles. The van der Waals surface area contributed by atoms with Crippen LogP contribution in [-0.4, -0.2) is 26.5 Å². The molecule has 1 heterocycles. The maximum Gasteiger partial charge on any atom is 0.224 e. The zero-order valence-electron chi connectivity index (χ0n) is 9.13. The SMILES string of the molecule is O=C([CH]Cc1ccccc1)NCc1nnn[nH]1. The summed E-state index contributed by atoms with van der Waals surface area (Å²) in [5.41, 5.74) is 1.10. The van der Waals surface area contributed by atoms with Crippen LogP contribution in [0.3, 0.4) is 0 Å². The van der Waals surface area contributed by atoms with Crippen LogP contribution < -0.4 is 5.32 Å². The molecule has 0 aliphatic rings. The van der Waals surface area contributed by atoms with E-state index in [2.05, 4.69) is 25.9 Å². The van der Waals surface area contributed by atoms with Gasteiger partial charge < -0.3 is 5.32 Å². The highest BCUT2D eigenvalue weighted by molar-refractivity contribution is 5.84. The number of carbonyl (C=O) groups excluding carboxylic acids is 1. The number of hydrogen-bond donors (Lipinski definition) is 2. The number of aromatic amines is 1. The van der Waals surface area contributed by atoms with Crippen LogP contribution in [0.4, 0.5) is 0 Å². The molecule has 1 radical (unpaired) electrons. The topological polar surface area (TPSA) is 83.6 Å². The number of nitrogens with one attached hydrogen (secondary N) is 2. The molecule has 6 nitrogen and oxygen atoms in total. The lowest BCUT2D eigenvalue weighted by atomic mass is 10.1. The Bertz CT molecular complexity index is 454. The fraction of sp³-hybridized carbons (Fsp3) is 0.182. The van der Waals surface area contributed by atoms with Crippen LogP contribution in [0.2, 0.25) is 0 Å². The summed E-state index contributed by atoms with van der Waals surface area (Å²) in [7, 11) is 0. The minimum Gasteiger partial charge on any atom is -0.348 e. The molecule has 0 spiro atoms. The zero-order chi connectivity index (χ0) is 11.9. The molecule has 87 valence electrons. The molecule has 6 heteroatoms. The van der Waals surface area contributed by atoms with E-state index in [1.165, 1.54) is 0 Å². The van der Waals surface area contributed by atoms with Crippen molar-refractivity contribution in [3.05, 3.63) is 48.1 Å². The monoisotopic (exact) mass is 230 g/mol. The van der Waals surface area contributed by atoms with Crippen LogP contribution in [0, 0.1) is 6.42 Å². The minimum atomic E-state index is -0.134. The Kier molecular flexibility index (Phi) is 3.80. The number of rotatable bonds is 5. The van der Waals surface area contributed by atoms with Crippen molar-refractivity contribution in [1.29, 1.82) is 0 Å². The van der Waals surface area contributed by atoms with Crippen LogP contribution >= 0.6 is 0 Å². The number of hydrogen-bond acceptors (Lipinski definition) is 4. The van der Waals surface area contributed by atoms with Crippen molar-refractivity contribution in [2.45, 2.75) is 13.0 Å². The van der Waals surface area contributed by atoms with Gasteiger partial charge in [0.25, 0.3) is 0 Å². The van der Waals surface area contributed by atoms with E-state index in [0.29, 0.717) is 18.8 Å². The molecule has 17 heavy (non-hydrogen) atoms. The van der Waals surface area contributed by atoms with Gasteiger partial charge in [-0.05, 0) is 22.4 Å². The van der Waals surface area contributed by atoms with Crippen molar-refractivity contribution in [3.8, 4) is 0 Å². The summed E-state index contributed by atoms with van der Waals surface area (Å²) >= 11 is 0. The van der Waals surface area contributed by atoms with Gasteiger partial charge in [-0.1, -0.05) is 30.3 Å². The molecule has 0 aliphatic carbocycles. The summed E-state index contributed by atoms with van der Waals surface area (Å²) in [5, 5.41) is 15.7. The van der Waals surface area contributed by atoms with Gasteiger partial charge in [0.1, 0.15) is 0 Å². The third-order valence-electron chi connectivity index (χ3n) is 2.19. The first-order valence-corrected chi connectivity index (χ1v) is 5.22. The van der Waals surface area contributed by atoms with Gasteiger partial charge in [-0.15, -0.1) is 5.10 Å². The molecule has 1 aromatic heterocycles. The summed E-state index contributed by atoms with van der Waals surface area (Å²) in [4.78, 5) is 11.5. The molecule has 1 aromatic carbocycles. The number of amides is 1. The molecular formula is C11H12N5O. The molecule has 2 rings (SSSR count). The van der Waals surface area contributed by atoms with E-state index < -0.39 is 0 Å². The average Bonchev–Trinajstić information content (AvgIpc) is 2.88. The van der Waals surface area contributed by atoms with Crippen molar-refractivity contribution in [1.82, 2.24) is 25.9 Å². The number of nitrogens with zero attached hydrogens (tertiary/aromatic N) is 3. The molecule has 0 aliphatic heterocycles. The van der Waals surface area contributed by atoms with E-state index in [9.17, 15) is 4.79 Å². The Balaban J connectivity index is 1.71. The number of H-pyrrole nitrogens is 1. The summed E-state index contributed by atoms with van der Waals surface area (Å²) in [6.07, 6.45) is 2.21. The number of benzene rings is 1. The van der Waals surface area contributed by atoms with E-state index in [4.69, 9.17) is 0 Å². The second-order valence-electron chi connectivity index (χ2n) is 3.46. The largest absolute Gasteiger partial charge is 0.348 e. The van der Waals surface area contributed by atoms with Crippen LogP contribution in [0.1, 0.15) is 11.4 Å². The Labute approximate surface area is 98.4 Å². The summed E-state index contributed by atoms with van der Waals surface area (Å²) in [5.74, 6) is 0.400. The quantitative estimate of drug-likeness (QED) is 0.771. The minimum absolute atomic E-state index is 0.134. The fourth-order valence-electron chi connectivity index (χ4n) is 1.32. The van der Waals surface area contributed by atoms with E-state index in [1.54, 1.807) is 6.42 Å². The van der Waals surface area contributed by atoms with Gasteiger partial charge in [0, 0.05) is 0 Å². The van der Waals surface area contributed by atoms with Crippen LogP contribution in [0.5, 0.6) is 0 Å². The van der Waals surface area contributed by atoms with Crippen LogP contribution in [0.25, 0.3) is 0 Å². The van der Waals surface area contributed by atoms with Crippen molar-refractivity contribution in [2.24, 2.45) is 0 Å². The highest BCUT2D eigenvalue weighted by Gasteiger charge is 2.04. The van der Waals surface area contributed by atoms with E-state index >= 15 is 0 Å². The Morgan fingerprint density at radius 1 is 1.35 bits per heavy atom. The molecule has 0 bridgehead atoms. The van der Waals surface area contributed by atoms with Gasteiger partial charge in [0.05, 0.1) is 13.0 Å².